The Morgan fingerprint density at radius 2 is 1.63 bits per heavy atom. The summed E-state index contributed by atoms with van der Waals surface area (Å²) in [6, 6.07) is 14.7. The van der Waals surface area contributed by atoms with Gasteiger partial charge in [0.1, 0.15) is 0 Å². The van der Waals surface area contributed by atoms with Crippen LogP contribution in [-0.4, -0.2) is 41.4 Å². The third kappa shape index (κ3) is 3.77. The lowest BCUT2D eigenvalue weighted by Crippen LogP contribution is -2.28. The second-order valence-electron chi connectivity index (χ2n) is 4.72. The molecule has 0 aliphatic carbocycles. The minimum Gasteiger partial charge on any atom is -0.396 e. The van der Waals surface area contributed by atoms with E-state index in [0.717, 1.165) is 19.5 Å². The highest BCUT2D eigenvalue weighted by molar-refractivity contribution is 5.85. The van der Waals surface area contributed by atoms with Gasteiger partial charge in [0.15, 0.2) is 0 Å². The highest BCUT2D eigenvalue weighted by Crippen LogP contribution is 2.19. The summed E-state index contributed by atoms with van der Waals surface area (Å²) < 4.78 is 0. The normalized spacial score (nSPS) is 11.3. The number of benzene rings is 2. The van der Waals surface area contributed by atoms with Crippen molar-refractivity contribution in [2.45, 2.75) is 13.0 Å². The van der Waals surface area contributed by atoms with Gasteiger partial charge in [0.05, 0.1) is 6.61 Å². The molecule has 0 saturated carbocycles. The zero-order valence-corrected chi connectivity index (χ0v) is 11.1. The molecule has 3 nitrogen and oxygen atoms in total. The second-order valence-corrected chi connectivity index (χ2v) is 4.72. The largest absolute Gasteiger partial charge is 0.396 e. The number of hydrogen-bond donors (Lipinski definition) is 2. The van der Waals surface area contributed by atoms with Crippen molar-refractivity contribution < 1.29 is 10.2 Å². The van der Waals surface area contributed by atoms with Gasteiger partial charge in [0.2, 0.25) is 0 Å². The maximum atomic E-state index is 9.12. The molecule has 0 saturated heterocycles. The van der Waals surface area contributed by atoms with E-state index in [2.05, 4.69) is 41.3 Å². The van der Waals surface area contributed by atoms with Gasteiger partial charge in [-0.15, -0.1) is 0 Å². The van der Waals surface area contributed by atoms with E-state index in [9.17, 15) is 0 Å². The molecule has 0 spiro atoms. The Hall–Kier alpha value is -1.42. The van der Waals surface area contributed by atoms with Gasteiger partial charge in [-0.1, -0.05) is 42.5 Å². The van der Waals surface area contributed by atoms with E-state index in [0.29, 0.717) is 6.54 Å². The van der Waals surface area contributed by atoms with Gasteiger partial charge in [0, 0.05) is 26.2 Å². The maximum Gasteiger partial charge on any atom is 0.0558 e. The highest BCUT2D eigenvalue weighted by Gasteiger charge is 2.07. The van der Waals surface area contributed by atoms with Crippen molar-refractivity contribution in [2.75, 3.05) is 26.3 Å². The lowest BCUT2D eigenvalue weighted by Gasteiger charge is -2.21. The van der Waals surface area contributed by atoms with E-state index in [1.54, 1.807) is 0 Å². The van der Waals surface area contributed by atoms with Crippen molar-refractivity contribution >= 4 is 10.8 Å². The average molecular weight is 259 g/mol. The minimum atomic E-state index is 0.149. The summed E-state index contributed by atoms with van der Waals surface area (Å²) in [5.41, 5.74) is 1.27. The number of hydrogen-bond acceptors (Lipinski definition) is 3. The van der Waals surface area contributed by atoms with Gasteiger partial charge >= 0.3 is 0 Å². The summed E-state index contributed by atoms with van der Waals surface area (Å²) in [6.07, 6.45) is 0.741. The van der Waals surface area contributed by atoms with Crippen LogP contribution in [0.3, 0.4) is 0 Å². The molecule has 2 rings (SSSR count). The smallest absolute Gasteiger partial charge is 0.0558 e. The molecule has 0 radical (unpaired) electrons. The Kier molecular flexibility index (Phi) is 5.33. The van der Waals surface area contributed by atoms with E-state index in [1.807, 2.05) is 6.07 Å². The first-order valence-corrected chi connectivity index (χ1v) is 6.76. The van der Waals surface area contributed by atoms with E-state index in [1.165, 1.54) is 16.3 Å². The Labute approximate surface area is 114 Å². The zero-order chi connectivity index (χ0) is 13.5. The van der Waals surface area contributed by atoms with E-state index >= 15 is 0 Å². The first kappa shape index (κ1) is 14.0. The maximum absolute atomic E-state index is 9.12. The second kappa shape index (κ2) is 7.24. The molecule has 2 N–H and O–H groups in total. The SMILES string of the molecule is OCCCN(CCO)Cc1cccc2ccccc12. The standard InChI is InChI=1S/C16H21NO2/c18-11-4-9-17(10-12-19)13-15-7-3-6-14-5-1-2-8-16(14)15/h1-3,5-8,18-19H,4,9-13H2. The molecule has 2 aromatic carbocycles. The van der Waals surface area contributed by atoms with Crippen molar-refractivity contribution in [3.63, 3.8) is 0 Å². The topological polar surface area (TPSA) is 43.7 Å². The van der Waals surface area contributed by atoms with Gasteiger partial charge in [-0.2, -0.15) is 0 Å². The molecule has 2 aromatic rings. The van der Waals surface area contributed by atoms with Crippen LogP contribution in [0, 0.1) is 0 Å². The van der Waals surface area contributed by atoms with E-state index in [-0.39, 0.29) is 13.2 Å². The molecule has 0 aliphatic heterocycles. The van der Waals surface area contributed by atoms with Crippen molar-refractivity contribution in [3.8, 4) is 0 Å². The predicted octanol–water partition coefficient (Wildman–Crippen LogP) is 2.02. The summed E-state index contributed by atoms with van der Waals surface area (Å²) >= 11 is 0. The van der Waals surface area contributed by atoms with Gasteiger partial charge in [0.25, 0.3) is 0 Å². The van der Waals surface area contributed by atoms with Gasteiger partial charge < -0.3 is 10.2 Å². The molecular formula is C16H21NO2. The van der Waals surface area contributed by atoms with Gasteiger partial charge in [-0.3, -0.25) is 4.90 Å². The quantitative estimate of drug-likeness (QED) is 0.799. The predicted molar refractivity (Wildman–Crippen MR) is 78.0 cm³/mol. The molecule has 0 aromatic heterocycles. The number of aliphatic hydroxyl groups is 2. The average Bonchev–Trinajstić information content (AvgIpc) is 2.45. The Morgan fingerprint density at radius 1 is 0.842 bits per heavy atom. The highest BCUT2D eigenvalue weighted by atomic mass is 16.3. The molecule has 0 atom stereocenters. The van der Waals surface area contributed by atoms with Crippen LogP contribution in [0.25, 0.3) is 10.8 Å². The van der Waals surface area contributed by atoms with Crippen LogP contribution < -0.4 is 0 Å². The summed E-state index contributed by atoms with van der Waals surface area (Å²) in [7, 11) is 0. The van der Waals surface area contributed by atoms with E-state index < -0.39 is 0 Å². The lowest BCUT2D eigenvalue weighted by atomic mass is 10.0. The minimum absolute atomic E-state index is 0.149. The van der Waals surface area contributed by atoms with Crippen molar-refractivity contribution in [1.29, 1.82) is 0 Å². The van der Waals surface area contributed by atoms with Crippen LogP contribution in [0.5, 0.6) is 0 Å². The monoisotopic (exact) mass is 259 g/mol. The first-order valence-electron chi connectivity index (χ1n) is 6.76. The number of aliphatic hydroxyl groups excluding tert-OH is 2. The molecule has 0 amide bonds. The van der Waals surface area contributed by atoms with Crippen LogP contribution in [-0.2, 0) is 6.54 Å². The van der Waals surface area contributed by atoms with Crippen molar-refractivity contribution in [1.82, 2.24) is 4.90 Å². The molecule has 0 aliphatic rings. The van der Waals surface area contributed by atoms with Crippen LogP contribution in [0.2, 0.25) is 0 Å². The number of fused-ring (bicyclic) bond motifs is 1. The molecule has 3 heteroatoms. The van der Waals surface area contributed by atoms with Gasteiger partial charge in [-0.25, -0.2) is 0 Å². The lowest BCUT2D eigenvalue weighted by molar-refractivity contribution is 0.174. The summed E-state index contributed by atoms with van der Waals surface area (Å²) in [5.74, 6) is 0. The number of nitrogens with zero attached hydrogens (tertiary/aromatic N) is 1. The molecular weight excluding hydrogens is 238 g/mol. The van der Waals surface area contributed by atoms with E-state index in [4.69, 9.17) is 10.2 Å². The van der Waals surface area contributed by atoms with Gasteiger partial charge in [-0.05, 0) is 22.8 Å². The fraction of sp³-hybridized carbons (Fsp3) is 0.375. The van der Waals surface area contributed by atoms with Crippen molar-refractivity contribution in [2.24, 2.45) is 0 Å². The third-order valence-electron chi connectivity index (χ3n) is 3.32. The Bertz CT molecular complexity index is 508. The van der Waals surface area contributed by atoms with Crippen LogP contribution >= 0.6 is 0 Å². The Morgan fingerprint density at radius 3 is 2.42 bits per heavy atom. The summed E-state index contributed by atoms with van der Waals surface area (Å²) in [4.78, 5) is 2.18. The number of rotatable bonds is 7. The summed E-state index contributed by atoms with van der Waals surface area (Å²) in [6.45, 7) is 2.60. The zero-order valence-electron chi connectivity index (χ0n) is 11.1. The van der Waals surface area contributed by atoms with Crippen LogP contribution in [0.4, 0.5) is 0 Å². The van der Waals surface area contributed by atoms with Crippen LogP contribution in [0.1, 0.15) is 12.0 Å². The Balaban J connectivity index is 2.18. The van der Waals surface area contributed by atoms with Crippen LogP contribution in [0.15, 0.2) is 42.5 Å². The molecule has 102 valence electrons. The van der Waals surface area contributed by atoms with Crippen molar-refractivity contribution in [3.05, 3.63) is 48.0 Å². The third-order valence-corrected chi connectivity index (χ3v) is 3.32. The first-order chi connectivity index (χ1) is 9.35. The molecule has 0 fully saturated rings. The fourth-order valence-corrected chi connectivity index (χ4v) is 2.38. The molecule has 19 heavy (non-hydrogen) atoms. The molecule has 0 unspecified atom stereocenters. The molecule has 0 heterocycles. The molecule has 0 bridgehead atoms. The summed E-state index contributed by atoms with van der Waals surface area (Å²) in [5, 5.41) is 20.6. The fourth-order valence-electron chi connectivity index (χ4n) is 2.38.